The Balaban J connectivity index is 2.07. The summed E-state index contributed by atoms with van der Waals surface area (Å²) in [7, 11) is 1.51. The highest BCUT2D eigenvalue weighted by Gasteiger charge is 2.12. The minimum Gasteiger partial charge on any atom is -0.496 e. The molecule has 1 heterocycles. The number of aromatic nitrogens is 1. The molecule has 0 unspecified atom stereocenters. The number of nitrogen functional groups attached to an aromatic ring is 1. The molecule has 0 aliphatic rings. The van der Waals surface area contributed by atoms with Crippen LogP contribution in [0.2, 0.25) is 0 Å². The minimum absolute atomic E-state index is 0.206. The fourth-order valence-electron chi connectivity index (χ4n) is 1.78. The van der Waals surface area contributed by atoms with Gasteiger partial charge in [0, 0.05) is 30.2 Å². The van der Waals surface area contributed by atoms with E-state index in [1.54, 1.807) is 24.4 Å². The molecule has 5 nitrogen and oxygen atoms in total. The van der Waals surface area contributed by atoms with Crippen LogP contribution in [0.5, 0.6) is 5.75 Å². The Kier molecular flexibility index (Phi) is 4.20. The summed E-state index contributed by atoms with van der Waals surface area (Å²) < 4.78 is 5.16. The summed E-state index contributed by atoms with van der Waals surface area (Å²) in [4.78, 5) is 16.3. The lowest BCUT2D eigenvalue weighted by Gasteiger charge is -2.10. The van der Waals surface area contributed by atoms with Crippen molar-refractivity contribution in [1.29, 1.82) is 0 Å². The van der Waals surface area contributed by atoms with E-state index in [2.05, 4.69) is 10.3 Å². The van der Waals surface area contributed by atoms with E-state index in [-0.39, 0.29) is 5.91 Å². The van der Waals surface area contributed by atoms with Crippen LogP contribution in [0, 0.1) is 6.92 Å². The first-order valence-corrected chi connectivity index (χ1v) is 6.23. The maximum Gasteiger partial charge on any atom is 0.255 e. The number of aryl methyl sites for hydroxylation is 1. The van der Waals surface area contributed by atoms with Crippen molar-refractivity contribution in [2.75, 3.05) is 12.8 Å². The first-order chi connectivity index (χ1) is 9.60. The van der Waals surface area contributed by atoms with Crippen LogP contribution < -0.4 is 15.8 Å². The van der Waals surface area contributed by atoms with Crippen molar-refractivity contribution in [3.63, 3.8) is 0 Å². The van der Waals surface area contributed by atoms with Crippen LogP contribution in [0.15, 0.2) is 36.5 Å². The van der Waals surface area contributed by atoms with Crippen LogP contribution in [-0.4, -0.2) is 18.0 Å². The standard InChI is InChI=1S/C15H17N3O2/c1-10-3-4-11(8-17-10)9-18-15(19)13-6-5-12(16)7-14(13)20-2/h3-8H,9,16H2,1-2H3,(H,18,19). The van der Waals surface area contributed by atoms with Crippen LogP contribution in [0.1, 0.15) is 21.6 Å². The third kappa shape index (κ3) is 3.26. The molecule has 0 spiro atoms. The van der Waals surface area contributed by atoms with Gasteiger partial charge in [-0.1, -0.05) is 6.07 Å². The summed E-state index contributed by atoms with van der Waals surface area (Å²) in [6.45, 7) is 2.33. The van der Waals surface area contributed by atoms with E-state index in [0.29, 0.717) is 23.5 Å². The lowest BCUT2D eigenvalue weighted by atomic mass is 10.1. The Bertz CT molecular complexity index is 609. The number of methoxy groups -OCH3 is 1. The number of ether oxygens (including phenoxy) is 1. The van der Waals surface area contributed by atoms with E-state index in [9.17, 15) is 4.79 Å². The molecule has 20 heavy (non-hydrogen) atoms. The lowest BCUT2D eigenvalue weighted by molar-refractivity contribution is 0.0948. The molecule has 1 aromatic carbocycles. The molecule has 3 N–H and O–H groups in total. The first kappa shape index (κ1) is 13.9. The quantitative estimate of drug-likeness (QED) is 0.833. The number of hydrogen-bond acceptors (Lipinski definition) is 4. The second kappa shape index (κ2) is 6.06. The molecule has 1 amide bonds. The summed E-state index contributed by atoms with van der Waals surface area (Å²) in [6, 6.07) is 8.79. The topological polar surface area (TPSA) is 77.2 Å². The Morgan fingerprint density at radius 3 is 2.80 bits per heavy atom. The molecule has 0 saturated heterocycles. The Morgan fingerprint density at radius 1 is 1.35 bits per heavy atom. The summed E-state index contributed by atoms with van der Waals surface area (Å²) in [6.07, 6.45) is 1.75. The maximum absolute atomic E-state index is 12.1. The van der Waals surface area contributed by atoms with Gasteiger partial charge in [0.05, 0.1) is 12.7 Å². The average Bonchev–Trinajstić information content (AvgIpc) is 2.46. The van der Waals surface area contributed by atoms with Crippen molar-refractivity contribution in [3.8, 4) is 5.75 Å². The molecule has 104 valence electrons. The zero-order chi connectivity index (χ0) is 14.5. The number of amides is 1. The second-order valence-electron chi connectivity index (χ2n) is 4.45. The van der Waals surface area contributed by atoms with Crippen molar-refractivity contribution < 1.29 is 9.53 Å². The average molecular weight is 271 g/mol. The third-order valence-electron chi connectivity index (χ3n) is 2.90. The zero-order valence-corrected chi connectivity index (χ0v) is 11.5. The predicted molar refractivity (Wildman–Crippen MR) is 77.6 cm³/mol. The highest BCUT2D eigenvalue weighted by atomic mass is 16.5. The molecule has 5 heteroatoms. The van der Waals surface area contributed by atoms with Crippen LogP contribution >= 0.6 is 0 Å². The van der Waals surface area contributed by atoms with E-state index in [1.165, 1.54) is 7.11 Å². The van der Waals surface area contributed by atoms with Crippen LogP contribution in [0.3, 0.4) is 0 Å². The largest absolute Gasteiger partial charge is 0.496 e. The van der Waals surface area contributed by atoms with Gasteiger partial charge >= 0.3 is 0 Å². The molecule has 1 aromatic heterocycles. The van der Waals surface area contributed by atoms with E-state index in [1.807, 2.05) is 19.1 Å². The fourth-order valence-corrected chi connectivity index (χ4v) is 1.78. The van der Waals surface area contributed by atoms with Crippen molar-refractivity contribution in [3.05, 3.63) is 53.3 Å². The zero-order valence-electron chi connectivity index (χ0n) is 11.5. The van der Waals surface area contributed by atoms with Crippen LogP contribution in [0.25, 0.3) is 0 Å². The molecule has 2 rings (SSSR count). The summed E-state index contributed by atoms with van der Waals surface area (Å²) in [5, 5.41) is 2.83. The number of carbonyl (C=O) groups is 1. The number of pyridine rings is 1. The van der Waals surface area contributed by atoms with Gasteiger partial charge < -0.3 is 15.8 Å². The summed E-state index contributed by atoms with van der Waals surface area (Å²) in [5.74, 6) is 0.256. The Labute approximate surface area is 117 Å². The van der Waals surface area contributed by atoms with E-state index in [4.69, 9.17) is 10.5 Å². The van der Waals surface area contributed by atoms with Crippen molar-refractivity contribution >= 4 is 11.6 Å². The number of carbonyl (C=O) groups excluding carboxylic acids is 1. The number of rotatable bonds is 4. The molecule has 0 bridgehead atoms. The normalized spacial score (nSPS) is 10.1. The van der Waals surface area contributed by atoms with Crippen LogP contribution in [0.4, 0.5) is 5.69 Å². The minimum atomic E-state index is -0.206. The first-order valence-electron chi connectivity index (χ1n) is 6.23. The molecule has 0 fully saturated rings. The van der Waals surface area contributed by atoms with Crippen LogP contribution in [-0.2, 0) is 6.54 Å². The predicted octanol–water partition coefficient (Wildman–Crippen LogP) is 1.91. The SMILES string of the molecule is COc1cc(N)ccc1C(=O)NCc1ccc(C)nc1. The fraction of sp³-hybridized carbons (Fsp3) is 0.200. The molecule has 2 aromatic rings. The molecule has 0 aliphatic heterocycles. The van der Waals surface area contributed by atoms with Crippen molar-refractivity contribution in [1.82, 2.24) is 10.3 Å². The van der Waals surface area contributed by atoms with Gasteiger partial charge in [-0.3, -0.25) is 9.78 Å². The van der Waals surface area contributed by atoms with Crippen molar-refractivity contribution in [2.45, 2.75) is 13.5 Å². The van der Waals surface area contributed by atoms with E-state index >= 15 is 0 Å². The molecule has 0 atom stereocenters. The molecule has 0 aliphatic carbocycles. The number of nitrogens with one attached hydrogen (secondary N) is 1. The van der Waals surface area contributed by atoms with Gasteiger partial charge in [-0.25, -0.2) is 0 Å². The highest BCUT2D eigenvalue weighted by molar-refractivity contribution is 5.97. The molecular formula is C15H17N3O2. The monoisotopic (exact) mass is 271 g/mol. The highest BCUT2D eigenvalue weighted by Crippen LogP contribution is 2.21. The smallest absolute Gasteiger partial charge is 0.255 e. The molecule has 0 saturated carbocycles. The van der Waals surface area contributed by atoms with E-state index < -0.39 is 0 Å². The van der Waals surface area contributed by atoms with Crippen molar-refractivity contribution in [2.24, 2.45) is 0 Å². The van der Waals surface area contributed by atoms with E-state index in [0.717, 1.165) is 11.3 Å². The molecule has 0 radical (unpaired) electrons. The lowest BCUT2D eigenvalue weighted by Crippen LogP contribution is -2.23. The molecular weight excluding hydrogens is 254 g/mol. The number of benzene rings is 1. The number of hydrogen-bond donors (Lipinski definition) is 2. The van der Waals surface area contributed by atoms with Gasteiger partial charge in [-0.05, 0) is 30.7 Å². The van der Waals surface area contributed by atoms with Gasteiger partial charge in [0.1, 0.15) is 5.75 Å². The number of nitrogens with two attached hydrogens (primary N) is 1. The van der Waals surface area contributed by atoms with Gasteiger partial charge in [0.25, 0.3) is 5.91 Å². The maximum atomic E-state index is 12.1. The number of nitrogens with zero attached hydrogens (tertiary/aromatic N) is 1. The van der Waals surface area contributed by atoms with Gasteiger partial charge in [0.2, 0.25) is 0 Å². The third-order valence-corrected chi connectivity index (χ3v) is 2.90. The Hall–Kier alpha value is -2.56. The number of anilines is 1. The van der Waals surface area contributed by atoms with Gasteiger partial charge in [-0.15, -0.1) is 0 Å². The van der Waals surface area contributed by atoms with Gasteiger partial charge in [-0.2, -0.15) is 0 Å². The summed E-state index contributed by atoms with van der Waals surface area (Å²) >= 11 is 0. The summed E-state index contributed by atoms with van der Waals surface area (Å²) in [5.41, 5.74) is 8.57. The van der Waals surface area contributed by atoms with Gasteiger partial charge in [0.15, 0.2) is 0 Å². The second-order valence-corrected chi connectivity index (χ2v) is 4.45. The Morgan fingerprint density at radius 2 is 2.15 bits per heavy atom.